The molecule has 1 aromatic heterocycles. The van der Waals surface area contributed by atoms with Crippen LogP contribution in [0.2, 0.25) is 0 Å². The summed E-state index contributed by atoms with van der Waals surface area (Å²) in [7, 11) is 0. The van der Waals surface area contributed by atoms with Crippen LogP contribution in [0.5, 0.6) is 0 Å². The highest BCUT2D eigenvalue weighted by Crippen LogP contribution is 2.21. The van der Waals surface area contributed by atoms with Gasteiger partial charge in [0.1, 0.15) is 5.82 Å². The fourth-order valence-electron chi connectivity index (χ4n) is 2.71. The molecule has 0 unspecified atom stereocenters. The summed E-state index contributed by atoms with van der Waals surface area (Å²) in [4.78, 5) is 30.7. The number of hydrogen-bond donors (Lipinski definition) is 2. The first-order valence-electron chi connectivity index (χ1n) is 8.08. The molecule has 0 saturated carbocycles. The van der Waals surface area contributed by atoms with Crippen molar-refractivity contribution in [3.8, 4) is 0 Å². The number of rotatable bonds is 6. The topological polar surface area (TPSA) is 101 Å². The van der Waals surface area contributed by atoms with Gasteiger partial charge in [0, 0.05) is 17.7 Å². The van der Waals surface area contributed by atoms with Crippen LogP contribution in [0.25, 0.3) is 11.0 Å². The molecule has 25 heavy (non-hydrogen) atoms. The SMILES string of the molecule is CCC[C@H](NC(=O)c1cccc([N+](=O)[O-])c1)c1nc2ccccc2[nH]1. The van der Waals surface area contributed by atoms with Crippen molar-refractivity contribution in [3.05, 3.63) is 70.0 Å². The Hall–Kier alpha value is -3.22. The second-order valence-electron chi connectivity index (χ2n) is 5.76. The van der Waals surface area contributed by atoms with Gasteiger partial charge in [-0.25, -0.2) is 4.98 Å². The van der Waals surface area contributed by atoms with Crippen LogP contribution in [-0.2, 0) is 0 Å². The van der Waals surface area contributed by atoms with Gasteiger partial charge in [-0.05, 0) is 24.6 Å². The first-order valence-corrected chi connectivity index (χ1v) is 8.08. The van der Waals surface area contributed by atoms with Crippen molar-refractivity contribution >= 4 is 22.6 Å². The summed E-state index contributed by atoms with van der Waals surface area (Å²) >= 11 is 0. The molecule has 0 fully saturated rings. The highest BCUT2D eigenvalue weighted by molar-refractivity contribution is 5.95. The van der Waals surface area contributed by atoms with Gasteiger partial charge in [-0.15, -0.1) is 0 Å². The Bertz CT molecular complexity index is 886. The molecule has 2 N–H and O–H groups in total. The molecule has 1 heterocycles. The summed E-state index contributed by atoms with van der Waals surface area (Å²) in [5.41, 5.74) is 1.89. The van der Waals surface area contributed by atoms with E-state index in [9.17, 15) is 14.9 Å². The van der Waals surface area contributed by atoms with Gasteiger partial charge in [0.05, 0.1) is 22.0 Å². The quantitative estimate of drug-likeness (QED) is 0.528. The second-order valence-corrected chi connectivity index (χ2v) is 5.76. The number of amides is 1. The van der Waals surface area contributed by atoms with Crippen LogP contribution in [0.15, 0.2) is 48.5 Å². The Morgan fingerprint density at radius 3 is 2.80 bits per heavy atom. The highest BCUT2D eigenvalue weighted by Gasteiger charge is 2.19. The average Bonchev–Trinajstić information content (AvgIpc) is 3.05. The monoisotopic (exact) mass is 338 g/mol. The van der Waals surface area contributed by atoms with Crippen molar-refractivity contribution in [2.45, 2.75) is 25.8 Å². The molecule has 1 amide bonds. The molecule has 7 nitrogen and oxygen atoms in total. The third kappa shape index (κ3) is 3.65. The Balaban J connectivity index is 1.85. The zero-order chi connectivity index (χ0) is 17.8. The van der Waals surface area contributed by atoms with Gasteiger partial charge in [-0.3, -0.25) is 14.9 Å². The van der Waals surface area contributed by atoms with Crippen molar-refractivity contribution in [2.24, 2.45) is 0 Å². The van der Waals surface area contributed by atoms with E-state index in [0.29, 0.717) is 12.2 Å². The molecule has 2 aromatic carbocycles. The lowest BCUT2D eigenvalue weighted by Gasteiger charge is -2.16. The number of carbonyl (C=O) groups excluding carboxylic acids is 1. The first kappa shape index (κ1) is 16.6. The van der Waals surface area contributed by atoms with E-state index in [1.807, 2.05) is 31.2 Å². The summed E-state index contributed by atoms with van der Waals surface area (Å²) in [5, 5.41) is 13.8. The molecule has 0 saturated heterocycles. The third-order valence-corrected chi connectivity index (χ3v) is 3.94. The van der Waals surface area contributed by atoms with Crippen LogP contribution in [0.1, 0.15) is 42.0 Å². The Kier molecular flexibility index (Phi) is 4.74. The summed E-state index contributed by atoms with van der Waals surface area (Å²) in [6.45, 7) is 2.02. The number of para-hydroxylation sites is 2. The average molecular weight is 338 g/mol. The maximum Gasteiger partial charge on any atom is 0.270 e. The molecule has 0 aliphatic carbocycles. The molecule has 0 aliphatic heterocycles. The number of nitro benzene ring substituents is 1. The Labute approximate surface area is 144 Å². The number of benzene rings is 2. The van der Waals surface area contributed by atoms with E-state index >= 15 is 0 Å². The number of fused-ring (bicyclic) bond motifs is 1. The number of nitro groups is 1. The number of carbonyl (C=O) groups is 1. The lowest BCUT2D eigenvalue weighted by molar-refractivity contribution is -0.384. The lowest BCUT2D eigenvalue weighted by Crippen LogP contribution is -2.29. The number of aromatic nitrogens is 2. The fraction of sp³-hybridized carbons (Fsp3) is 0.222. The van der Waals surface area contributed by atoms with E-state index in [1.54, 1.807) is 6.07 Å². The molecule has 0 bridgehead atoms. The summed E-state index contributed by atoms with van der Waals surface area (Å²) in [6, 6.07) is 13.1. The molecular weight excluding hydrogens is 320 g/mol. The van der Waals surface area contributed by atoms with Crippen molar-refractivity contribution in [2.75, 3.05) is 0 Å². The van der Waals surface area contributed by atoms with Gasteiger partial charge in [0.25, 0.3) is 11.6 Å². The minimum absolute atomic E-state index is 0.108. The molecule has 3 aromatic rings. The van der Waals surface area contributed by atoms with E-state index in [4.69, 9.17) is 0 Å². The number of nitrogens with one attached hydrogen (secondary N) is 2. The van der Waals surface area contributed by atoms with Crippen molar-refractivity contribution in [1.29, 1.82) is 0 Å². The van der Waals surface area contributed by atoms with E-state index in [1.165, 1.54) is 18.2 Å². The van der Waals surface area contributed by atoms with Gasteiger partial charge >= 0.3 is 0 Å². The second kappa shape index (κ2) is 7.12. The van der Waals surface area contributed by atoms with Crippen LogP contribution in [0.3, 0.4) is 0 Å². The highest BCUT2D eigenvalue weighted by atomic mass is 16.6. The molecule has 7 heteroatoms. The largest absolute Gasteiger partial charge is 0.342 e. The summed E-state index contributed by atoms with van der Waals surface area (Å²) in [6.07, 6.45) is 1.57. The van der Waals surface area contributed by atoms with E-state index < -0.39 is 4.92 Å². The molecular formula is C18H18N4O3. The normalized spacial score (nSPS) is 12.0. The minimum atomic E-state index is -0.514. The van der Waals surface area contributed by atoms with Crippen LogP contribution >= 0.6 is 0 Å². The lowest BCUT2D eigenvalue weighted by atomic mass is 10.1. The first-order chi connectivity index (χ1) is 12.1. The van der Waals surface area contributed by atoms with E-state index in [2.05, 4.69) is 15.3 Å². The van der Waals surface area contributed by atoms with Crippen LogP contribution in [0.4, 0.5) is 5.69 Å². The Morgan fingerprint density at radius 1 is 1.28 bits per heavy atom. The molecule has 1 atom stereocenters. The summed E-state index contributed by atoms with van der Waals surface area (Å²) < 4.78 is 0. The van der Waals surface area contributed by atoms with Crippen molar-refractivity contribution in [1.82, 2.24) is 15.3 Å². The fourth-order valence-corrected chi connectivity index (χ4v) is 2.71. The molecule has 0 spiro atoms. The summed E-state index contributed by atoms with van der Waals surface area (Å²) in [5.74, 6) is 0.324. The van der Waals surface area contributed by atoms with Crippen molar-refractivity contribution < 1.29 is 9.72 Å². The maximum absolute atomic E-state index is 12.5. The maximum atomic E-state index is 12.5. The number of aromatic amines is 1. The van der Waals surface area contributed by atoms with Gasteiger partial charge in [0.2, 0.25) is 0 Å². The third-order valence-electron chi connectivity index (χ3n) is 3.94. The van der Waals surface area contributed by atoms with E-state index in [0.717, 1.165) is 17.5 Å². The van der Waals surface area contributed by atoms with Crippen LogP contribution < -0.4 is 5.32 Å². The van der Waals surface area contributed by atoms with Crippen LogP contribution in [0, 0.1) is 10.1 Å². The molecule has 128 valence electrons. The number of imidazole rings is 1. The minimum Gasteiger partial charge on any atom is -0.342 e. The zero-order valence-corrected chi connectivity index (χ0v) is 13.7. The van der Waals surface area contributed by atoms with Gasteiger partial charge in [-0.2, -0.15) is 0 Å². The number of H-pyrrole nitrogens is 1. The Morgan fingerprint density at radius 2 is 2.08 bits per heavy atom. The van der Waals surface area contributed by atoms with Gasteiger partial charge in [-0.1, -0.05) is 31.5 Å². The smallest absolute Gasteiger partial charge is 0.270 e. The predicted octanol–water partition coefficient (Wildman–Crippen LogP) is 3.74. The standard InChI is InChI=1S/C18H18N4O3/c1-2-6-16(17-19-14-9-3-4-10-15(14)20-17)21-18(23)12-7-5-8-13(11-12)22(24)25/h3-5,7-11,16H,2,6H2,1H3,(H,19,20)(H,21,23)/t16-/m0/s1. The number of hydrogen-bond acceptors (Lipinski definition) is 4. The predicted molar refractivity (Wildman–Crippen MR) is 94.3 cm³/mol. The van der Waals surface area contributed by atoms with Gasteiger partial charge in [0.15, 0.2) is 0 Å². The molecule has 3 rings (SSSR count). The van der Waals surface area contributed by atoms with Gasteiger partial charge < -0.3 is 10.3 Å². The number of nitrogens with zero attached hydrogens (tertiary/aromatic N) is 2. The molecule has 0 radical (unpaired) electrons. The number of non-ortho nitro benzene ring substituents is 1. The zero-order valence-electron chi connectivity index (χ0n) is 13.7. The van der Waals surface area contributed by atoms with E-state index in [-0.39, 0.29) is 23.2 Å². The van der Waals surface area contributed by atoms with Crippen LogP contribution in [-0.4, -0.2) is 20.8 Å². The molecule has 0 aliphatic rings. The van der Waals surface area contributed by atoms with Crippen molar-refractivity contribution in [3.63, 3.8) is 0 Å².